The number of rotatable bonds is 6. The summed E-state index contributed by atoms with van der Waals surface area (Å²) in [5.74, 6) is -0.261. The molecule has 0 aliphatic carbocycles. The molecule has 0 aromatic heterocycles. The molecule has 0 aliphatic rings. The lowest BCUT2D eigenvalue weighted by atomic mass is 10.1. The van der Waals surface area contributed by atoms with Crippen LogP contribution in [0.4, 0.5) is 0 Å². The molecular formula is C14H21NO4S. The van der Waals surface area contributed by atoms with Gasteiger partial charge in [-0.25, -0.2) is 17.9 Å². The van der Waals surface area contributed by atoms with Crippen molar-refractivity contribution in [2.24, 2.45) is 5.92 Å². The van der Waals surface area contributed by atoms with Crippen molar-refractivity contribution in [3.05, 3.63) is 29.8 Å². The van der Waals surface area contributed by atoms with Gasteiger partial charge in [-0.1, -0.05) is 13.8 Å². The Hall–Kier alpha value is -1.40. The lowest BCUT2D eigenvalue weighted by molar-refractivity contribution is 0.0526. The van der Waals surface area contributed by atoms with Gasteiger partial charge in [0.15, 0.2) is 0 Å². The Balaban J connectivity index is 2.90. The van der Waals surface area contributed by atoms with Crippen molar-refractivity contribution in [2.45, 2.75) is 38.6 Å². The lowest BCUT2D eigenvalue weighted by Gasteiger charge is -2.17. The summed E-state index contributed by atoms with van der Waals surface area (Å²) in [6.45, 7) is 7.70. The van der Waals surface area contributed by atoms with Gasteiger partial charge in [-0.15, -0.1) is 0 Å². The van der Waals surface area contributed by atoms with E-state index in [4.69, 9.17) is 4.74 Å². The maximum atomic E-state index is 12.1. The first-order chi connectivity index (χ1) is 9.27. The SMILES string of the molecule is CCOC(=O)c1ccc(S(=O)(=O)N[C@H](C)C(C)C)cc1. The van der Waals surface area contributed by atoms with Crippen LogP contribution in [0, 0.1) is 5.92 Å². The van der Waals surface area contributed by atoms with Crippen molar-refractivity contribution in [1.82, 2.24) is 4.72 Å². The van der Waals surface area contributed by atoms with Gasteiger partial charge < -0.3 is 4.74 Å². The second kappa shape index (κ2) is 6.85. The fourth-order valence-corrected chi connectivity index (χ4v) is 2.83. The zero-order valence-corrected chi connectivity index (χ0v) is 13.0. The molecule has 0 unspecified atom stereocenters. The van der Waals surface area contributed by atoms with E-state index in [9.17, 15) is 13.2 Å². The Morgan fingerprint density at radius 2 is 1.75 bits per heavy atom. The fraction of sp³-hybridized carbons (Fsp3) is 0.500. The van der Waals surface area contributed by atoms with Crippen LogP contribution < -0.4 is 4.72 Å². The number of nitrogens with one attached hydrogen (secondary N) is 1. The molecule has 0 bridgehead atoms. The van der Waals surface area contributed by atoms with Gasteiger partial charge >= 0.3 is 5.97 Å². The number of benzene rings is 1. The Morgan fingerprint density at radius 3 is 2.20 bits per heavy atom. The van der Waals surface area contributed by atoms with E-state index >= 15 is 0 Å². The summed E-state index contributed by atoms with van der Waals surface area (Å²) in [6.07, 6.45) is 0. The van der Waals surface area contributed by atoms with E-state index in [1.807, 2.05) is 20.8 Å². The third-order valence-electron chi connectivity index (χ3n) is 3.02. The van der Waals surface area contributed by atoms with Crippen LogP contribution in [0.25, 0.3) is 0 Å². The summed E-state index contributed by atoms with van der Waals surface area (Å²) in [6, 6.07) is 5.55. The first-order valence-electron chi connectivity index (χ1n) is 6.57. The molecule has 0 saturated heterocycles. The molecule has 1 aromatic carbocycles. The molecular weight excluding hydrogens is 278 g/mol. The summed E-state index contributed by atoms with van der Waals surface area (Å²) in [5.41, 5.74) is 0.336. The van der Waals surface area contributed by atoms with Crippen LogP contribution in [0.5, 0.6) is 0 Å². The maximum Gasteiger partial charge on any atom is 0.338 e. The Labute approximate surface area is 120 Å². The monoisotopic (exact) mass is 299 g/mol. The van der Waals surface area contributed by atoms with Gasteiger partial charge in [0.1, 0.15) is 0 Å². The van der Waals surface area contributed by atoms with E-state index in [2.05, 4.69) is 4.72 Å². The number of hydrogen-bond acceptors (Lipinski definition) is 4. The molecule has 0 saturated carbocycles. The van der Waals surface area contributed by atoms with Crippen LogP contribution in [-0.2, 0) is 14.8 Å². The van der Waals surface area contributed by atoms with Crippen LogP contribution >= 0.6 is 0 Å². The number of esters is 1. The molecule has 112 valence electrons. The van der Waals surface area contributed by atoms with Gasteiger partial charge in [-0.2, -0.15) is 0 Å². The predicted octanol–water partition coefficient (Wildman–Crippen LogP) is 2.19. The number of ether oxygens (including phenoxy) is 1. The van der Waals surface area contributed by atoms with Crippen molar-refractivity contribution in [3.63, 3.8) is 0 Å². The van der Waals surface area contributed by atoms with E-state index < -0.39 is 16.0 Å². The number of hydrogen-bond donors (Lipinski definition) is 1. The Morgan fingerprint density at radius 1 is 1.20 bits per heavy atom. The van der Waals surface area contributed by atoms with Crippen molar-refractivity contribution in [3.8, 4) is 0 Å². The van der Waals surface area contributed by atoms with Crippen LogP contribution in [0.1, 0.15) is 38.1 Å². The third-order valence-corrected chi connectivity index (χ3v) is 4.59. The van der Waals surface area contributed by atoms with Crippen molar-refractivity contribution in [1.29, 1.82) is 0 Å². The molecule has 0 heterocycles. The summed E-state index contributed by atoms with van der Waals surface area (Å²) in [4.78, 5) is 11.6. The molecule has 1 atom stereocenters. The van der Waals surface area contributed by atoms with Crippen LogP contribution in [0.3, 0.4) is 0 Å². The van der Waals surface area contributed by atoms with E-state index in [1.165, 1.54) is 24.3 Å². The summed E-state index contributed by atoms with van der Waals surface area (Å²) in [5, 5.41) is 0. The van der Waals surface area contributed by atoms with E-state index in [0.717, 1.165) is 0 Å². The number of carbonyl (C=O) groups excluding carboxylic acids is 1. The van der Waals surface area contributed by atoms with Crippen LogP contribution in [-0.4, -0.2) is 27.0 Å². The molecule has 1 rings (SSSR count). The van der Waals surface area contributed by atoms with Gasteiger partial charge in [0.2, 0.25) is 10.0 Å². The minimum absolute atomic E-state index is 0.137. The summed E-state index contributed by atoms with van der Waals surface area (Å²) in [7, 11) is -3.56. The molecule has 0 fully saturated rings. The molecule has 5 nitrogen and oxygen atoms in total. The average Bonchev–Trinajstić information content (AvgIpc) is 2.38. The number of carbonyl (C=O) groups is 1. The van der Waals surface area contributed by atoms with Crippen molar-refractivity contribution < 1.29 is 17.9 Å². The van der Waals surface area contributed by atoms with Crippen LogP contribution in [0.15, 0.2) is 29.2 Å². The highest BCUT2D eigenvalue weighted by Crippen LogP contribution is 2.13. The van der Waals surface area contributed by atoms with E-state index in [0.29, 0.717) is 5.56 Å². The molecule has 0 amide bonds. The Bertz CT molecular complexity index is 549. The normalized spacial score (nSPS) is 13.2. The highest BCUT2D eigenvalue weighted by atomic mass is 32.2. The maximum absolute atomic E-state index is 12.1. The predicted molar refractivity (Wildman–Crippen MR) is 77.0 cm³/mol. The van der Waals surface area contributed by atoms with Crippen molar-refractivity contribution >= 4 is 16.0 Å². The highest BCUT2D eigenvalue weighted by molar-refractivity contribution is 7.89. The average molecular weight is 299 g/mol. The molecule has 1 N–H and O–H groups in total. The summed E-state index contributed by atoms with van der Waals surface area (Å²) >= 11 is 0. The first kappa shape index (κ1) is 16.7. The van der Waals surface area contributed by atoms with Gasteiger partial charge in [0.25, 0.3) is 0 Å². The molecule has 0 aliphatic heterocycles. The lowest BCUT2D eigenvalue weighted by Crippen LogP contribution is -2.36. The second-order valence-corrected chi connectivity index (χ2v) is 6.61. The smallest absolute Gasteiger partial charge is 0.338 e. The van der Waals surface area contributed by atoms with E-state index in [1.54, 1.807) is 6.92 Å². The largest absolute Gasteiger partial charge is 0.462 e. The molecule has 0 spiro atoms. The van der Waals surface area contributed by atoms with Gasteiger partial charge in [0, 0.05) is 6.04 Å². The third kappa shape index (κ3) is 4.31. The first-order valence-corrected chi connectivity index (χ1v) is 8.05. The fourth-order valence-electron chi connectivity index (χ4n) is 1.43. The minimum atomic E-state index is -3.56. The topological polar surface area (TPSA) is 72.5 Å². The summed E-state index contributed by atoms with van der Waals surface area (Å²) < 4.78 is 31.7. The van der Waals surface area contributed by atoms with Gasteiger partial charge in [0.05, 0.1) is 17.1 Å². The van der Waals surface area contributed by atoms with Crippen molar-refractivity contribution in [2.75, 3.05) is 6.61 Å². The van der Waals surface area contributed by atoms with E-state index in [-0.39, 0.29) is 23.5 Å². The number of sulfonamides is 1. The Kier molecular flexibility index (Phi) is 5.71. The molecule has 1 aromatic rings. The standard InChI is InChI=1S/C14H21NO4S/c1-5-19-14(16)12-6-8-13(9-7-12)20(17,18)15-11(4)10(2)3/h6-11,15H,5H2,1-4H3/t11-/m1/s1. The quantitative estimate of drug-likeness (QED) is 0.817. The zero-order valence-electron chi connectivity index (χ0n) is 12.2. The van der Waals surface area contributed by atoms with Gasteiger partial charge in [-0.05, 0) is 44.0 Å². The minimum Gasteiger partial charge on any atom is -0.462 e. The second-order valence-electron chi connectivity index (χ2n) is 4.90. The van der Waals surface area contributed by atoms with Gasteiger partial charge in [-0.3, -0.25) is 0 Å². The van der Waals surface area contributed by atoms with Crippen LogP contribution in [0.2, 0.25) is 0 Å². The highest BCUT2D eigenvalue weighted by Gasteiger charge is 2.19. The zero-order chi connectivity index (χ0) is 15.3. The molecule has 6 heteroatoms. The molecule has 20 heavy (non-hydrogen) atoms. The molecule has 0 radical (unpaired) electrons.